The number of ether oxygens (including phenoxy) is 3. The smallest absolute Gasteiger partial charge is 0.338 e. The second kappa shape index (κ2) is 12.2. The molecule has 2 N–H and O–H groups in total. The number of carbonyl (C=O) groups is 3. The van der Waals surface area contributed by atoms with E-state index in [1.54, 1.807) is 55.5 Å². The molecule has 2 amide bonds. The number of hydrogen-bond donors (Lipinski definition) is 2. The average Bonchev–Trinajstić information content (AvgIpc) is 2.76. The summed E-state index contributed by atoms with van der Waals surface area (Å²) in [4.78, 5) is 35.6. The van der Waals surface area contributed by atoms with Crippen molar-refractivity contribution in [3.8, 4) is 11.5 Å². The normalized spacial score (nSPS) is 10.3. The van der Waals surface area contributed by atoms with Gasteiger partial charge in [-0.1, -0.05) is 13.8 Å². The number of carbonyl (C=O) groups excluding carboxylic acids is 3. The summed E-state index contributed by atoms with van der Waals surface area (Å²) in [6, 6.07) is 12.9. The topological polar surface area (TPSA) is 103 Å². The average molecular weight is 428 g/mol. The van der Waals surface area contributed by atoms with Gasteiger partial charge in [0.1, 0.15) is 11.5 Å². The highest BCUT2D eigenvalue weighted by Gasteiger charge is 2.10. The standard InChI is InChI=1S/C23H28N2O6/c1-4-29-23(28)18-7-11-20(12-8-18)31-15-21(26)24-25-22(27)17-5-9-19(10-6-17)30-14-13-16(2)3/h5-12,16H,4,13-15H2,1-3H3,(H,24,26)(H,25,27). The fourth-order valence-corrected chi connectivity index (χ4v) is 2.40. The molecule has 0 saturated carbocycles. The molecule has 0 unspecified atom stereocenters. The lowest BCUT2D eigenvalue weighted by atomic mass is 10.1. The quantitative estimate of drug-likeness (QED) is 0.445. The predicted octanol–water partition coefficient (Wildman–Crippen LogP) is 3.13. The van der Waals surface area contributed by atoms with Gasteiger partial charge in [0, 0.05) is 5.56 Å². The maximum absolute atomic E-state index is 12.1. The first-order valence-electron chi connectivity index (χ1n) is 10.1. The van der Waals surface area contributed by atoms with Crippen LogP contribution in [0.25, 0.3) is 0 Å². The lowest BCUT2D eigenvalue weighted by molar-refractivity contribution is -0.123. The number of rotatable bonds is 10. The van der Waals surface area contributed by atoms with Crippen molar-refractivity contribution in [2.45, 2.75) is 27.2 Å². The third-order valence-corrected chi connectivity index (χ3v) is 4.13. The second-order valence-electron chi connectivity index (χ2n) is 7.09. The summed E-state index contributed by atoms with van der Waals surface area (Å²) in [5, 5.41) is 0. The van der Waals surface area contributed by atoms with Crippen molar-refractivity contribution in [2.75, 3.05) is 19.8 Å². The van der Waals surface area contributed by atoms with E-state index in [1.807, 2.05) is 0 Å². The highest BCUT2D eigenvalue weighted by molar-refractivity contribution is 5.95. The van der Waals surface area contributed by atoms with E-state index in [9.17, 15) is 14.4 Å². The number of esters is 1. The molecule has 0 fully saturated rings. The van der Waals surface area contributed by atoms with Crippen LogP contribution < -0.4 is 20.3 Å². The van der Waals surface area contributed by atoms with Crippen LogP contribution in [-0.2, 0) is 9.53 Å². The summed E-state index contributed by atoms with van der Waals surface area (Å²) in [5.41, 5.74) is 5.39. The second-order valence-corrected chi connectivity index (χ2v) is 7.09. The molecule has 31 heavy (non-hydrogen) atoms. The Kier molecular flexibility index (Phi) is 9.35. The van der Waals surface area contributed by atoms with Crippen LogP contribution in [-0.4, -0.2) is 37.6 Å². The zero-order valence-electron chi connectivity index (χ0n) is 18.0. The Labute approximate surface area is 181 Å². The number of nitrogens with one attached hydrogen (secondary N) is 2. The Morgan fingerprint density at radius 2 is 1.42 bits per heavy atom. The summed E-state index contributed by atoms with van der Waals surface area (Å²) in [5.74, 6) is 0.231. The molecule has 0 spiro atoms. The van der Waals surface area contributed by atoms with E-state index in [4.69, 9.17) is 14.2 Å². The molecule has 2 rings (SSSR count). The van der Waals surface area contributed by atoms with Gasteiger partial charge < -0.3 is 14.2 Å². The number of hydrazine groups is 1. The maximum atomic E-state index is 12.1. The first-order chi connectivity index (χ1) is 14.9. The van der Waals surface area contributed by atoms with Crippen molar-refractivity contribution < 1.29 is 28.6 Å². The van der Waals surface area contributed by atoms with E-state index in [-0.39, 0.29) is 6.61 Å². The largest absolute Gasteiger partial charge is 0.494 e. The third kappa shape index (κ3) is 8.38. The van der Waals surface area contributed by atoms with Gasteiger partial charge in [0.2, 0.25) is 0 Å². The van der Waals surface area contributed by atoms with Gasteiger partial charge in [-0.25, -0.2) is 4.79 Å². The summed E-state index contributed by atoms with van der Waals surface area (Å²) in [6.07, 6.45) is 0.950. The zero-order chi connectivity index (χ0) is 22.6. The molecule has 0 radical (unpaired) electrons. The van der Waals surface area contributed by atoms with Gasteiger partial charge in [0.15, 0.2) is 6.61 Å². The van der Waals surface area contributed by atoms with Crippen LogP contribution in [0.4, 0.5) is 0 Å². The monoisotopic (exact) mass is 428 g/mol. The Hall–Kier alpha value is -3.55. The fraction of sp³-hybridized carbons (Fsp3) is 0.348. The maximum Gasteiger partial charge on any atom is 0.338 e. The molecular weight excluding hydrogens is 400 g/mol. The SMILES string of the molecule is CCOC(=O)c1ccc(OCC(=O)NNC(=O)c2ccc(OCCC(C)C)cc2)cc1. The molecule has 0 aliphatic carbocycles. The van der Waals surface area contributed by atoms with Crippen molar-refractivity contribution in [2.24, 2.45) is 5.92 Å². The first kappa shape index (κ1) is 23.7. The van der Waals surface area contributed by atoms with E-state index in [0.29, 0.717) is 41.8 Å². The number of benzene rings is 2. The highest BCUT2D eigenvalue weighted by atomic mass is 16.5. The zero-order valence-corrected chi connectivity index (χ0v) is 18.0. The van der Waals surface area contributed by atoms with Gasteiger partial charge in [0.05, 0.1) is 18.8 Å². The molecule has 0 bridgehead atoms. The van der Waals surface area contributed by atoms with Gasteiger partial charge in [0.25, 0.3) is 11.8 Å². The number of hydrogen-bond acceptors (Lipinski definition) is 6. The molecule has 166 valence electrons. The molecule has 0 aliphatic heterocycles. The van der Waals surface area contributed by atoms with E-state index >= 15 is 0 Å². The molecule has 0 aliphatic rings. The van der Waals surface area contributed by atoms with Crippen LogP contribution in [0.1, 0.15) is 47.9 Å². The molecule has 2 aromatic carbocycles. The van der Waals surface area contributed by atoms with Gasteiger partial charge in [-0.05, 0) is 67.8 Å². The van der Waals surface area contributed by atoms with E-state index in [2.05, 4.69) is 24.7 Å². The van der Waals surface area contributed by atoms with Crippen molar-refractivity contribution >= 4 is 17.8 Å². The van der Waals surface area contributed by atoms with Crippen LogP contribution in [0, 0.1) is 5.92 Å². The van der Waals surface area contributed by atoms with E-state index < -0.39 is 17.8 Å². The fourth-order valence-electron chi connectivity index (χ4n) is 2.40. The third-order valence-electron chi connectivity index (χ3n) is 4.13. The van der Waals surface area contributed by atoms with Crippen molar-refractivity contribution in [3.63, 3.8) is 0 Å². The van der Waals surface area contributed by atoms with Crippen LogP contribution in [0.5, 0.6) is 11.5 Å². The Bertz CT molecular complexity index is 863. The minimum atomic E-state index is -0.531. The molecule has 0 saturated heterocycles. The van der Waals surface area contributed by atoms with E-state index in [1.165, 1.54) is 0 Å². The summed E-state index contributed by atoms with van der Waals surface area (Å²) in [7, 11) is 0. The number of amides is 2. The van der Waals surface area contributed by atoms with Crippen molar-refractivity contribution in [3.05, 3.63) is 59.7 Å². The molecule has 0 atom stereocenters. The minimum Gasteiger partial charge on any atom is -0.494 e. The Morgan fingerprint density at radius 3 is 2.00 bits per heavy atom. The molecular formula is C23H28N2O6. The molecule has 0 heterocycles. The van der Waals surface area contributed by atoms with Gasteiger partial charge >= 0.3 is 5.97 Å². The minimum absolute atomic E-state index is 0.291. The lowest BCUT2D eigenvalue weighted by Gasteiger charge is -2.10. The van der Waals surface area contributed by atoms with Gasteiger partial charge in [-0.2, -0.15) is 0 Å². The van der Waals surface area contributed by atoms with Crippen molar-refractivity contribution in [1.82, 2.24) is 10.9 Å². The van der Waals surface area contributed by atoms with Crippen molar-refractivity contribution in [1.29, 1.82) is 0 Å². The molecule has 8 heteroatoms. The summed E-state index contributed by atoms with van der Waals surface area (Å²) in [6.45, 7) is 6.58. The van der Waals surface area contributed by atoms with Crippen LogP contribution >= 0.6 is 0 Å². The van der Waals surface area contributed by atoms with E-state index in [0.717, 1.165) is 6.42 Å². The first-order valence-corrected chi connectivity index (χ1v) is 10.1. The van der Waals surface area contributed by atoms with Crippen LogP contribution in [0.3, 0.4) is 0 Å². The summed E-state index contributed by atoms with van der Waals surface area (Å²) >= 11 is 0. The Balaban J connectivity index is 1.73. The van der Waals surface area contributed by atoms with Gasteiger partial charge in [-0.15, -0.1) is 0 Å². The lowest BCUT2D eigenvalue weighted by Crippen LogP contribution is -2.43. The van der Waals surface area contributed by atoms with Crippen LogP contribution in [0.2, 0.25) is 0 Å². The highest BCUT2D eigenvalue weighted by Crippen LogP contribution is 2.14. The summed E-state index contributed by atoms with van der Waals surface area (Å²) < 4.78 is 15.8. The molecule has 2 aromatic rings. The Morgan fingerprint density at radius 1 is 0.839 bits per heavy atom. The van der Waals surface area contributed by atoms with Gasteiger partial charge in [-0.3, -0.25) is 20.4 Å². The molecule has 0 aromatic heterocycles. The van der Waals surface area contributed by atoms with Crippen LogP contribution in [0.15, 0.2) is 48.5 Å². The molecule has 8 nitrogen and oxygen atoms in total. The predicted molar refractivity (Wildman–Crippen MR) is 115 cm³/mol.